The van der Waals surface area contributed by atoms with Gasteiger partial charge in [0.2, 0.25) is 0 Å². The monoisotopic (exact) mass is 143 g/mol. The standard InChI is InChI=1S/C6H13O2.Mg.2H/c1-2-8-6-4-3-5-7;;;/h2-6H2,1H3;;;. The van der Waals surface area contributed by atoms with Crippen LogP contribution in [0.15, 0.2) is 0 Å². The molecular weight excluding hydrogens is 128 g/mol. The van der Waals surface area contributed by atoms with Crippen LogP contribution in [-0.2, 0) is 9.84 Å². The van der Waals surface area contributed by atoms with E-state index in [0.717, 1.165) is 26.1 Å². The highest BCUT2D eigenvalue weighted by Crippen LogP contribution is 1.87. The molecule has 0 rings (SSSR count). The highest BCUT2D eigenvalue weighted by atomic mass is 24.3. The van der Waals surface area contributed by atoms with E-state index >= 15 is 0 Å². The van der Waals surface area contributed by atoms with Gasteiger partial charge in [-0.05, 0) is 19.8 Å². The molecule has 0 aromatic carbocycles. The van der Waals surface area contributed by atoms with Crippen molar-refractivity contribution >= 4 is 23.1 Å². The van der Waals surface area contributed by atoms with Crippen LogP contribution in [0.3, 0.4) is 0 Å². The largest absolute Gasteiger partial charge is 0.382 e. The molecule has 0 aliphatic rings. The van der Waals surface area contributed by atoms with E-state index in [9.17, 15) is 5.11 Å². The Hall–Kier alpha value is 0.686. The molecule has 0 heterocycles. The fraction of sp³-hybridized carbons (Fsp3) is 1.00. The van der Waals surface area contributed by atoms with E-state index in [1.54, 1.807) is 0 Å². The molecule has 9 heavy (non-hydrogen) atoms. The summed E-state index contributed by atoms with van der Waals surface area (Å²) in [5.74, 6) is 0. The summed E-state index contributed by atoms with van der Waals surface area (Å²) in [6, 6.07) is 0. The first kappa shape index (κ1) is 12.4. The average molecular weight is 143 g/mol. The second-order valence-corrected chi connectivity index (χ2v) is 1.61. The molecular formula is C6H15MgO2. The molecule has 0 aromatic rings. The highest BCUT2D eigenvalue weighted by Gasteiger charge is 1.84. The Labute approximate surface area is 72.7 Å². The topological polar surface area (TPSA) is 29.1 Å². The molecule has 3 heteroatoms. The molecule has 0 aliphatic heterocycles. The molecule has 2 nitrogen and oxygen atoms in total. The smallest absolute Gasteiger partial charge is 0.316 e. The van der Waals surface area contributed by atoms with Crippen molar-refractivity contribution < 1.29 is 9.84 Å². The van der Waals surface area contributed by atoms with Gasteiger partial charge in [-0.25, -0.2) is 5.11 Å². The Kier molecular flexibility index (Phi) is 15.8. The molecule has 0 amide bonds. The summed E-state index contributed by atoms with van der Waals surface area (Å²) in [6.45, 7) is 3.50. The van der Waals surface area contributed by atoms with E-state index in [1.165, 1.54) is 0 Å². The fourth-order valence-electron chi connectivity index (χ4n) is 0.451. The van der Waals surface area contributed by atoms with Gasteiger partial charge in [0.25, 0.3) is 0 Å². The lowest BCUT2D eigenvalue weighted by atomic mass is 10.3. The molecule has 0 atom stereocenters. The summed E-state index contributed by atoms with van der Waals surface area (Å²) in [6.07, 6.45) is 1.66. The van der Waals surface area contributed by atoms with Crippen LogP contribution >= 0.6 is 0 Å². The number of unbranched alkanes of at least 4 members (excludes halogenated alkanes) is 1. The van der Waals surface area contributed by atoms with Gasteiger partial charge in [0.1, 0.15) is 0 Å². The first-order valence-corrected chi connectivity index (χ1v) is 3.07. The lowest BCUT2D eigenvalue weighted by Crippen LogP contribution is -1.93. The lowest BCUT2D eigenvalue weighted by Gasteiger charge is -1.96. The zero-order valence-electron chi connectivity index (χ0n) is 5.35. The van der Waals surface area contributed by atoms with Crippen LogP contribution in [0, 0.1) is 0 Å². The van der Waals surface area contributed by atoms with Gasteiger partial charge in [-0.2, -0.15) is 0 Å². The summed E-state index contributed by atoms with van der Waals surface area (Å²) in [5, 5.41) is 9.84. The molecule has 53 valence electrons. The minimum absolute atomic E-state index is 0. The minimum Gasteiger partial charge on any atom is -0.382 e. The predicted octanol–water partition coefficient (Wildman–Crippen LogP) is 0.317. The highest BCUT2D eigenvalue weighted by molar-refractivity contribution is 5.75. The number of rotatable bonds is 5. The number of ether oxygens (including phenoxy) is 1. The Morgan fingerprint density at radius 3 is 2.44 bits per heavy atom. The Morgan fingerprint density at radius 2 is 2.00 bits per heavy atom. The number of hydrogen-bond acceptors (Lipinski definition) is 1. The van der Waals surface area contributed by atoms with Crippen molar-refractivity contribution in [3.05, 3.63) is 0 Å². The summed E-state index contributed by atoms with van der Waals surface area (Å²) in [4.78, 5) is 0. The summed E-state index contributed by atoms with van der Waals surface area (Å²) in [7, 11) is 0. The van der Waals surface area contributed by atoms with Crippen molar-refractivity contribution in [2.24, 2.45) is 0 Å². The van der Waals surface area contributed by atoms with Crippen LogP contribution in [0.5, 0.6) is 0 Å². The quantitative estimate of drug-likeness (QED) is 0.403. The maximum atomic E-state index is 9.84. The van der Waals surface area contributed by atoms with Crippen LogP contribution < -0.4 is 0 Å². The molecule has 0 spiro atoms. The molecule has 0 unspecified atom stereocenters. The maximum absolute atomic E-state index is 9.84. The van der Waals surface area contributed by atoms with Gasteiger partial charge in [0.15, 0.2) is 0 Å². The van der Waals surface area contributed by atoms with Gasteiger partial charge in [-0.15, -0.1) is 0 Å². The van der Waals surface area contributed by atoms with Crippen molar-refractivity contribution in [3.8, 4) is 0 Å². The molecule has 0 aliphatic carbocycles. The van der Waals surface area contributed by atoms with E-state index in [1.807, 2.05) is 6.92 Å². The summed E-state index contributed by atoms with van der Waals surface area (Å²) >= 11 is 0. The van der Waals surface area contributed by atoms with Crippen LogP contribution in [0.25, 0.3) is 0 Å². The van der Waals surface area contributed by atoms with Gasteiger partial charge in [-0.3, -0.25) is 0 Å². The Balaban J connectivity index is 0. The SMILES string of the molecule is CCOCCCC[O].[MgH2]. The van der Waals surface area contributed by atoms with Crippen molar-refractivity contribution in [2.75, 3.05) is 19.8 Å². The third-order valence-corrected chi connectivity index (χ3v) is 0.887. The third-order valence-electron chi connectivity index (χ3n) is 0.887. The Morgan fingerprint density at radius 1 is 1.33 bits per heavy atom. The van der Waals surface area contributed by atoms with Gasteiger partial charge in [0, 0.05) is 13.2 Å². The van der Waals surface area contributed by atoms with Crippen molar-refractivity contribution in [3.63, 3.8) is 0 Å². The van der Waals surface area contributed by atoms with Crippen LogP contribution in [0.1, 0.15) is 19.8 Å². The molecule has 0 fully saturated rings. The number of hydrogen-bond donors (Lipinski definition) is 0. The fourth-order valence-corrected chi connectivity index (χ4v) is 0.451. The molecule has 0 saturated carbocycles. The van der Waals surface area contributed by atoms with Crippen molar-refractivity contribution in [2.45, 2.75) is 19.8 Å². The normalized spacial score (nSPS) is 8.67. The van der Waals surface area contributed by atoms with E-state index in [2.05, 4.69) is 0 Å². The molecule has 0 saturated heterocycles. The maximum Gasteiger partial charge on any atom is 0.316 e. The molecule has 1 radical (unpaired) electrons. The predicted molar refractivity (Wildman–Crippen MR) is 39.8 cm³/mol. The third kappa shape index (κ3) is 12.0. The molecule has 0 bridgehead atoms. The minimum atomic E-state index is 0. The van der Waals surface area contributed by atoms with E-state index in [4.69, 9.17) is 4.74 Å². The van der Waals surface area contributed by atoms with Crippen LogP contribution in [-0.4, -0.2) is 42.9 Å². The Bertz CT molecular complexity index is 36.0. The van der Waals surface area contributed by atoms with Crippen LogP contribution in [0.4, 0.5) is 0 Å². The van der Waals surface area contributed by atoms with Crippen LogP contribution in [0.2, 0.25) is 0 Å². The van der Waals surface area contributed by atoms with Crippen molar-refractivity contribution in [1.82, 2.24) is 0 Å². The second kappa shape index (κ2) is 11.5. The summed E-state index contributed by atoms with van der Waals surface area (Å²) in [5.41, 5.74) is 0. The first-order chi connectivity index (χ1) is 3.91. The zero-order valence-corrected chi connectivity index (χ0v) is 5.35. The van der Waals surface area contributed by atoms with E-state index in [0.29, 0.717) is 0 Å². The van der Waals surface area contributed by atoms with E-state index < -0.39 is 0 Å². The molecule has 0 aromatic heterocycles. The average Bonchev–Trinajstić information content (AvgIpc) is 1.81. The first-order valence-electron chi connectivity index (χ1n) is 3.07. The van der Waals surface area contributed by atoms with Gasteiger partial charge < -0.3 is 4.74 Å². The zero-order chi connectivity index (χ0) is 6.24. The van der Waals surface area contributed by atoms with Gasteiger partial charge >= 0.3 is 23.1 Å². The summed E-state index contributed by atoms with van der Waals surface area (Å²) < 4.78 is 5.00. The molecule has 0 N–H and O–H groups in total. The van der Waals surface area contributed by atoms with E-state index in [-0.39, 0.29) is 29.7 Å². The second-order valence-electron chi connectivity index (χ2n) is 1.61. The van der Waals surface area contributed by atoms with Gasteiger partial charge in [-0.1, -0.05) is 0 Å². The van der Waals surface area contributed by atoms with Gasteiger partial charge in [0.05, 0.1) is 6.61 Å². The van der Waals surface area contributed by atoms with Crippen molar-refractivity contribution in [1.29, 1.82) is 0 Å². The lowest BCUT2D eigenvalue weighted by molar-refractivity contribution is 0.126.